The summed E-state index contributed by atoms with van der Waals surface area (Å²) < 4.78 is 2.08. The Bertz CT molecular complexity index is 681. The number of hydrogen-bond donors (Lipinski definition) is 1. The molecule has 0 radical (unpaired) electrons. The molecule has 0 aliphatic heterocycles. The van der Waals surface area contributed by atoms with Gasteiger partial charge < -0.3 is 5.73 Å². The number of fused-ring (bicyclic) bond motifs is 1. The summed E-state index contributed by atoms with van der Waals surface area (Å²) in [6, 6.07) is 8.63. The molecule has 5 heteroatoms. The van der Waals surface area contributed by atoms with Crippen LogP contribution in [0, 0.1) is 6.92 Å². The molecule has 0 saturated carbocycles. The topological polar surface area (TPSA) is 56.2 Å². The van der Waals surface area contributed by atoms with Crippen molar-refractivity contribution >= 4 is 16.3 Å². The zero-order chi connectivity index (χ0) is 13.2. The molecular weight excluding hydrogens is 256 g/mol. The van der Waals surface area contributed by atoms with Gasteiger partial charge in [-0.15, -0.1) is 21.5 Å². The Hall–Kier alpha value is -1.72. The van der Waals surface area contributed by atoms with E-state index in [2.05, 4.69) is 51.2 Å². The number of aryl methyl sites for hydroxylation is 3. The maximum atomic E-state index is 5.74. The molecule has 98 valence electrons. The maximum Gasteiger partial charge on any atom is 0.216 e. The molecule has 0 amide bonds. The van der Waals surface area contributed by atoms with Crippen molar-refractivity contribution in [2.45, 2.75) is 26.3 Å². The number of aromatic nitrogens is 3. The Kier molecular flexibility index (Phi) is 3.31. The lowest BCUT2D eigenvalue weighted by atomic mass is 10.1. The zero-order valence-corrected chi connectivity index (χ0v) is 11.7. The molecule has 0 aliphatic carbocycles. The van der Waals surface area contributed by atoms with Crippen LogP contribution in [0.15, 0.2) is 29.6 Å². The van der Waals surface area contributed by atoms with Crippen LogP contribution in [-0.2, 0) is 19.4 Å². The first kappa shape index (κ1) is 12.3. The first-order valence-electron chi connectivity index (χ1n) is 6.34. The monoisotopic (exact) mass is 272 g/mol. The molecule has 2 heterocycles. The normalized spacial score (nSPS) is 11.3. The lowest BCUT2D eigenvalue weighted by molar-refractivity contribution is 0.814. The van der Waals surface area contributed by atoms with E-state index < -0.39 is 0 Å². The van der Waals surface area contributed by atoms with Gasteiger partial charge in [-0.25, -0.2) is 0 Å². The highest BCUT2D eigenvalue weighted by Gasteiger charge is 2.10. The summed E-state index contributed by atoms with van der Waals surface area (Å²) >= 11 is 1.59. The van der Waals surface area contributed by atoms with E-state index in [-0.39, 0.29) is 0 Å². The number of hydrogen-bond acceptors (Lipinski definition) is 4. The number of benzene rings is 1. The molecule has 0 fully saturated rings. The van der Waals surface area contributed by atoms with Crippen LogP contribution in [0.25, 0.3) is 4.96 Å². The van der Waals surface area contributed by atoms with Crippen molar-refractivity contribution < 1.29 is 0 Å². The number of nitrogens with two attached hydrogens (primary N) is 1. The van der Waals surface area contributed by atoms with E-state index in [0.29, 0.717) is 6.54 Å². The molecule has 2 aromatic heterocycles. The number of nitrogens with zero attached hydrogens (tertiary/aromatic N) is 3. The first-order valence-corrected chi connectivity index (χ1v) is 7.22. The molecule has 1 aromatic carbocycles. The highest BCUT2D eigenvalue weighted by molar-refractivity contribution is 7.15. The third kappa shape index (κ3) is 2.39. The van der Waals surface area contributed by atoms with Gasteiger partial charge in [-0.2, -0.15) is 0 Å². The quantitative estimate of drug-likeness (QED) is 0.793. The van der Waals surface area contributed by atoms with Gasteiger partial charge in [-0.1, -0.05) is 29.8 Å². The molecule has 0 spiro atoms. The van der Waals surface area contributed by atoms with Crippen LogP contribution in [0.1, 0.15) is 22.6 Å². The fourth-order valence-corrected chi connectivity index (χ4v) is 3.01. The van der Waals surface area contributed by atoms with Crippen LogP contribution >= 0.6 is 11.3 Å². The fourth-order valence-electron chi connectivity index (χ4n) is 2.15. The fraction of sp³-hybridized carbons (Fsp3) is 0.286. The molecule has 19 heavy (non-hydrogen) atoms. The predicted molar refractivity (Wildman–Crippen MR) is 77.3 cm³/mol. The maximum absolute atomic E-state index is 5.74. The lowest BCUT2D eigenvalue weighted by Gasteiger charge is -2.02. The number of rotatable bonds is 4. The molecular formula is C14H16N4S. The minimum atomic E-state index is 0.523. The Morgan fingerprint density at radius 3 is 2.68 bits per heavy atom. The van der Waals surface area contributed by atoms with Crippen molar-refractivity contribution in [1.29, 1.82) is 0 Å². The standard InChI is InChI=1S/C14H16N4S/c1-10-2-4-11(5-3-10)6-7-13-16-17-14-18(13)12(8-15)9-19-14/h2-5,9H,6-8,15H2,1H3. The van der Waals surface area contributed by atoms with E-state index in [1.54, 1.807) is 11.3 Å². The van der Waals surface area contributed by atoms with Crippen LogP contribution in [-0.4, -0.2) is 14.6 Å². The molecule has 2 N–H and O–H groups in total. The highest BCUT2D eigenvalue weighted by atomic mass is 32.1. The minimum absolute atomic E-state index is 0.523. The summed E-state index contributed by atoms with van der Waals surface area (Å²) in [5.41, 5.74) is 9.44. The first-order chi connectivity index (χ1) is 9.28. The van der Waals surface area contributed by atoms with E-state index in [9.17, 15) is 0 Å². The third-order valence-electron chi connectivity index (χ3n) is 3.25. The van der Waals surface area contributed by atoms with Crippen LogP contribution < -0.4 is 5.73 Å². The molecule has 0 bridgehead atoms. The second-order valence-corrected chi connectivity index (χ2v) is 5.49. The molecule has 4 nitrogen and oxygen atoms in total. The van der Waals surface area contributed by atoms with Gasteiger partial charge in [0.1, 0.15) is 5.82 Å². The van der Waals surface area contributed by atoms with Gasteiger partial charge >= 0.3 is 0 Å². The Labute approximate surface area is 115 Å². The Balaban J connectivity index is 1.81. The second-order valence-electron chi connectivity index (χ2n) is 4.65. The summed E-state index contributed by atoms with van der Waals surface area (Å²) in [4.78, 5) is 0.930. The van der Waals surface area contributed by atoms with Crippen molar-refractivity contribution in [1.82, 2.24) is 14.6 Å². The van der Waals surface area contributed by atoms with Gasteiger partial charge in [0.05, 0.1) is 5.69 Å². The number of thiazole rings is 1. The van der Waals surface area contributed by atoms with Crippen molar-refractivity contribution in [2.75, 3.05) is 0 Å². The van der Waals surface area contributed by atoms with Crippen LogP contribution in [0.4, 0.5) is 0 Å². The van der Waals surface area contributed by atoms with E-state index in [1.807, 2.05) is 0 Å². The molecule has 0 unspecified atom stereocenters. The van der Waals surface area contributed by atoms with E-state index in [1.165, 1.54) is 11.1 Å². The molecule has 0 aliphatic rings. The second kappa shape index (κ2) is 5.11. The summed E-state index contributed by atoms with van der Waals surface area (Å²) in [6.45, 7) is 2.63. The average Bonchev–Trinajstić information content (AvgIpc) is 3.00. The van der Waals surface area contributed by atoms with Gasteiger partial charge in [0.25, 0.3) is 0 Å². The van der Waals surface area contributed by atoms with Gasteiger partial charge in [-0.3, -0.25) is 4.40 Å². The van der Waals surface area contributed by atoms with E-state index >= 15 is 0 Å². The SMILES string of the molecule is Cc1ccc(CCc2nnc3scc(CN)n23)cc1. The average molecular weight is 272 g/mol. The lowest BCUT2D eigenvalue weighted by Crippen LogP contribution is -2.04. The van der Waals surface area contributed by atoms with E-state index in [4.69, 9.17) is 5.73 Å². The minimum Gasteiger partial charge on any atom is -0.325 e. The molecule has 3 aromatic rings. The van der Waals surface area contributed by atoms with Crippen LogP contribution in [0.2, 0.25) is 0 Å². The summed E-state index contributed by atoms with van der Waals surface area (Å²) in [7, 11) is 0. The van der Waals surface area contributed by atoms with Crippen molar-refractivity contribution in [3.63, 3.8) is 0 Å². The van der Waals surface area contributed by atoms with Crippen LogP contribution in [0.3, 0.4) is 0 Å². The summed E-state index contributed by atoms with van der Waals surface area (Å²) in [5, 5.41) is 10.5. The van der Waals surface area contributed by atoms with E-state index in [0.717, 1.165) is 29.3 Å². The Morgan fingerprint density at radius 1 is 1.16 bits per heavy atom. The Morgan fingerprint density at radius 2 is 1.95 bits per heavy atom. The van der Waals surface area contributed by atoms with Crippen molar-refractivity contribution in [2.24, 2.45) is 5.73 Å². The highest BCUT2D eigenvalue weighted by Crippen LogP contribution is 2.17. The van der Waals surface area contributed by atoms with Gasteiger partial charge in [0.15, 0.2) is 0 Å². The molecule has 3 rings (SSSR count). The third-order valence-corrected chi connectivity index (χ3v) is 4.12. The van der Waals surface area contributed by atoms with Crippen LogP contribution in [0.5, 0.6) is 0 Å². The smallest absolute Gasteiger partial charge is 0.216 e. The largest absolute Gasteiger partial charge is 0.325 e. The molecule has 0 saturated heterocycles. The van der Waals surface area contributed by atoms with Gasteiger partial charge in [0.2, 0.25) is 4.96 Å². The summed E-state index contributed by atoms with van der Waals surface area (Å²) in [6.07, 6.45) is 1.86. The van der Waals surface area contributed by atoms with Crippen molar-refractivity contribution in [3.05, 3.63) is 52.3 Å². The van der Waals surface area contributed by atoms with Crippen molar-refractivity contribution in [3.8, 4) is 0 Å². The van der Waals surface area contributed by atoms with Gasteiger partial charge in [0, 0.05) is 18.3 Å². The van der Waals surface area contributed by atoms with Gasteiger partial charge in [-0.05, 0) is 18.9 Å². The summed E-state index contributed by atoms with van der Waals surface area (Å²) in [5.74, 6) is 0.997. The zero-order valence-electron chi connectivity index (χ0n) is 10.8. The predicted octanol–water partition coefficient (Wildman–Crippen LogP) is 2.34. The molecule has 0 atom stereocenters.